The van der Waals surface area contributed by atoms with Crippen molar-refractivity contribution in [1.29, 1.82) is 0 Å². The van der Waals surface area contributed by atoms with E-state index in [1.54, 1.807) is 23.5 Å². The van der Waals surface area contributed by atoms with Gasteiger partial charge in [0.25, 0.3) is 0 Å². The summed E-state index contributed by atoms with van der Waals surface area (Å²) >= 11 is 3.45. The maximum absolute atomic E-state index is 14.4. The third-order valence-electron chi connectivity index (χ3n) is 15.3. The Balaban J connectivity index is 0.000000170. The molecule has 2 spiro atoms. The van der Waals surface area contributed by atoms with Gasteiger partial charge in [-0.05, 0) is 148 Å². The van der Waals surface area contributed by atoms with Crippen LogP contribution in [-0.4, -0.2) is 117 Å². The quantitative estimate of drug-likeness (QED) is 0.0692. The molecule has 10 nitrogen and oxygen atoms in total. The number of nitrogens with zero attached hydrogens (tertiary/aromatic N) is 8. The van der Waals surface area contributed by atoms with Crippen molar-refractivity contribution in [1.82, 2.24) is 39.3 Å². The fourth-order valence-electron chi connectivity index (χ4n) is 11.2. The normalized spacial score (nSPS) is 26.0. The number of rotatable bonds is 14. The van der Waals surface area contributed by atoms with Gasteiger partial charge in [0, 0.05) is 77.0 Å². The summed E-state index contributed by atoms with van der Waals surface area (Å²) in [6, 6.07) is 5.98. The Morgan fingerprint density at radius 3 is 1.37 bits per heavy atom. The molecule has 68 heavy (non-hydrogen) atoms. The number of alkyl halides is 6. The molecular weight excluding hydrogens is 937 g/mol. The minimum absolute atomic E-state index is 0.0237. The second-order valence-electron chi connectivity index (χ2n) is 19.7. The van der Waals surface area contributed by atoms with Gasteiger partial charge < -0.3 is 28.4 Å². The number of hydrogen-bond donors (Lipinski definition) is 0. The summed E-state index contributed by atoms with van der Waals surface area (Å²) in [7, 11) is 4.07. The van der Waals surface area contributed by atoms with Crippen LogP contribution in [0.2, 0.25) is 0 Å². The number of likely N-dealkylation sites (tertiary alicyclic amines) is 2. The minimum atomic E-state index is -4.51. The molecule has 0 radical (unpaired) electrons. The summed E-state index contributed by atoms with van der Waals surface area (Å²) < 4.78 is 121. The number of ether oxygens (including phenoxy) is 2. The lowest BCUT2D eigenvalue weighted by atomic mass is 9.97. The summed E-state index contributed by atoms with van der Waals surface area (Å²) in [6.07, 6.45) is 0.624. The molecule has 0 unspecified atom stereocenters. The van der Waals surface area contributed by atoms with Crippen LogP contribution in [0.3, 0.4) is 0 Å². The molecule has 0 bridgehead atoms. The van der Waals surface area contributed by atoms with E-state index in [1.807, 2.05) is 14.1 Å². The Morgan fingerprint density at radius 2 is 1.00 bits per heavy atom. The number of aromatic nitrogens is 6. The van der Waals surface area contributed by atoms with Gasteiger partial charge in [-0.25, -0.2) is 8.78 Å². The maximum atomic E-state index is 14.4. The average molecular weight is 997 g/mol. The molecule has 2 aliphatic carbocycles. The molecule has 2 aromatic carbocycles. The van der Waals surface area contributed by atoms with E-state index in [4.69, 9.17) is 9.47 Å². The van der Waals surface area contributed by atoms with Crippen molar-refractivity contribution in [2.75, 3.05) is 77.2 Å². The molecule has 2 saturated carbocycles. The van der Waals surface area contributed by atoms with Crippen molar-refractivity contribution in [2.45, 2.75) is 111 Å². The third kappa shape index (κ3) is 11.1. The predicted molar refractivity (Wildman–Crippen MR) is 243 cm³/mol. The van der Waals surface area contributed by atoms with Crippen LogP contribution in [-0.2, 0) is 35.9 Å². The molecule has 20 heteroatoms. The second kappa shape index (κ2) is 20.4. The van der Waals surface area contributed by atoms with Crippen LogP contribution in [0.1, 0.15) is 122 Å². The van der Waals surface area contributed by atoms with Gasteiger partial charge >= 0.3 is 12.4 Å². The predicted octanol–water partition coefficient (Wildman–Crippen LogP) is 10.5. The fraction of sp³-hybridized carbons (Fsp3) is 0.667. The van der Waals surface area contributed by atoms with E-state index in [9.17, 15) is 35.1 Å². The first-order valence-electron chi connectivity index (χ1n) is 23.9. The molecule has 0 amide bonds. The summed E-state index contributed by atoms with van der Waals surface area (Å²) in [5.41, 5.74) is -0.916. The Kier molecular flexibility index (Phi) is 14.9. The van der Waals surface area contributed by atoms with Crippen molar-refractivity contribution in [3.63, 3.8) is 0 Å². The highest BCUT2D eigenvalue weighted by atomic mass is 32.2. The molecule has 4 atom stereocenters. The molecule has 0 N–H and O–H groups in total. The third-order valence-corrected chi connectivity index (χ3v) is 17.5. The molecule has 4 saturated heterocycles. The van der Waals surface area contributed by atoms with E-state index in [1.165, 1.54) is 12.1 Å². The van der Waals surface area contributed by atoms with Gasteiger partial charge in [-0.2, -0.15) is 26.3 Å². The first-order valence-corrected chi connectivity index (χ1v) is 25.9. The summed E-state index contributed by atoms with van der Waals surface area (Å²) in [5, 5.41) is 19.5. The molecule has 4 aromatic rings. The topological polar surface area (TPSA) is 86.4 Å². The van der Waals surface area contributed by atoms with E-state index in [2.05, 4.69) is 39.3 Å². The standard InChI is InChI=1S/2C24H30F4N4OS/c2*1-31-21(16-5-10-33-11-6-16)29-30-22(31)34-12-2-8-32-9-7-23(15-32)14-19(23)18-4-3-17(13-20(18)25)24(26,27)28/h2*3-4,13,16,19H,2,5-12,14-15H2,1H3/t2*19-,23-/m10/s1. The van der Waals surface area contributed by atoms with Crippen molar-refractivity contribution >= 4 is 23.5 Å². The van der Waals surface area contributed by atoms with E-state index >= 15 is 0 Å². The summed E-state index contributed by atoms with van der Waals surface area (Å²) in [4.78, 5) is 4.82. The number of hydrogen-bond acceptors (Lipinski definition) is 10. The van der Waals surface area contributed by atoms with Crippen LogP contribution in [0.5, 0.6) is 0 Å². The summed E-state index contributed by atoms with van der Waals surface area (Å²) in [5.74, 6) is 3.41. The largest absolute Gasteiger partial charge is 0.416 e. The van der Waals surface area contributed by atoms with Gasteiger partial charge in [-0.1, -0.05) is 35.7 Å². The van der Waals surface area contributed by atoms with Gasteiger partial charge in [-0.15, -0.1) is 20.4 Å². The first kappa shape index (κ1) is 49.7. The van der Waals surface area contributed by atoms with Crippen LogP contribution < -0.4 is 0 Å². The SMILES string of the molecule is Cn1c(SCCCN2CC[C@@]3(C[C@@H]3c3ccc(C(F)(F)F)cc3F)C2)nnc1C1CCOCC1.Cn1c(SCCCN2CC[C@]3(C[C@H]3c3ccc(C(F)(F)F)cc3F)C2)nnc1C1CCOCC1. The zero-order chi connectivity index (χ0) is 47.8. The minimum Gasteiger partial charge on any atom is -0.381 e. The lowest BCUT2D eigenvalue weighted by Gasteiger charge is -2.21. The van der Waals surface area contributed by atoms with Crippen LogP contribution >= 0.6 is 23.5 Å². The Morgan fingerprint density at radius 1 is 0.603 bits per heavy atom. The average Bonchev–Trinajstić information content (AvgIpc) is 3.82. The molecule has 4 aliphatic heterocycles. The zero-order valence-electron chi connectivity index (χ0n) is 38.6. The monoisotopic (exact) mass is 996 g/mol. The molecular formula is C48H60F8N8O2S2. The van der Waals surface area contributed by atoms with Gasteiger partial charge in [0.05, 0.1) is 11.1 Å². The maximum Gasteiger partial charge on any atom is 0.416 e. The van der Waals surface area contributed by atoms with Gasteiger partial charge in [0.15, 0.2) is 10.3 Å². The van der Waals surface area contributed by atoms with E-state index < -0.39 is 35.1 Å². The highest BCUT2D eigenvalue weighted by Crippen LogP contribution is 2.65. The zero-order valence-corrected chi connectivity index (χ0v) is 40.2. The summed E-state index contributed by atoms with van der Waals surface area (Å²) in [6.45, 7) is 8.74. The molecule has 2 aromatic heterocycles. The lowest BCUT2D eigenvalue weighted by Crippen LogP contribution is -2.23. The number of benzene rings is 2. The lowest BCUT2D eigenvalue weighted by molar-refractivity contribution is -0.138. The molecule has 6 heterocycles. The van der Waals surface area contributed by atoms with Crippen LogP contribution in [0.15, 0.2) is 46.7 Å². The van der Waals surface area contributed by atoms with E-state index in [0.717, 1.165) is 176 Å². The smallest absolute Gasteiger partial charge is 0.381 e. The molecule has 372 valence electrons. The Bertz CT molecular complexity index is 2210. The van der Waals surface area contributed by atoms with Crippen molar-refractivity contribution in [3.8, 4) is 0 Å². The van der Waals surface area contributed by atoms with E-state index in [-0.39, 0.29) is 22.7 Å². The van der Waals surface area contributed by atoms with Crippen molar-refractivity contribution in [2.24, 2.45) is 24.9 Å². The van der Waals surface area contributed by atoms with Gasteiger partial charge in [0.1, 0.15) is 23.3 Å². The Labute approximate surface area is 400 Å². The highest BCUT2D eigenvalue weighted by molar-refractivity contribution is 7.99. The first-order chi connectivity index (χ1) is 32.5. The highest BCUT2D eigenvalue weighted by Gasteiger charge is 2.59. The fourth-order valence-corrected chi connectivity index (χ4v) is 12.9. The van der Waals surface area contributed by atoms with Crippen LogP contribution in [0, 0.1) is 22.5 Å². The van der Waals surface area contributed by atoms with Gasteiger partial charge in [0.2, 0.25) is 0 Å². The number of halogens is 8. The van der Waals surface area contributed by atoms with Crippen molar-refractivity contribution < 1.29 is 44.6 Å². The number of thioether (sulfide) groups is 2. The van der Waals surface area contributed by atoms with Crippen LogP contribution in [0.25, 0.3) is 0 Å². The molecule has 6 fully saturated rings. The van der Waals surface area contributed by atoms with E-state index in [0.29, 0.717) is 35.1 Å². The van der Waals surface area contributed by atoms with Crippen molar-refractivity contribution in [3.05, 3.63) is 81.9 Å². The molecule has 10 rings (SSSR count). The van der Waals surface area contributed by atoms with Gasteiger partial charge in [-0.3, -0.25) is 0 Å². The second-order valence-corrected chi connectivity index (χ2v) is 21.9. The molecule has 6 aliphatic rings. The van der Waals surface area contributed by atoms with Crippen LogP contribution in [0.4, 0.5) is 35.1 Å². The Hall–Kier alpha value is -3.30.